The van der Waals surface area contributed by atoms with E-state index in [0.717, 1.165) is 43.8 Å². The summed E-state index contributed by atoms with van der Waals surface area (Å²) in [4.78, 5) is 14.2. The first-order valence-electron chi connectivity index (χ1n) is 7.28. The molecule has 0 saturated carbocycles. The smallest absolute Gasteiger partial charge is 0.222 e. The van der Waals surface area contributed by atoms with E-state index in [9.17, 15) is 4.79 Å². The minimum atomic E-state index is 0. The summed E-state index contributed by atoms with van der Waals surface area (Å²) >= 11 is 0. The summed E-state index contributed by atoms with van der Waals surface area (Å²) in [6.45, 7) is 2.81. The van der Waals surface area contributed by atoms with E-state index in [-0.39, 0.29) is 18.3 Å². The molecule has 1 saturated heterocycles. The number of carbonyl (C=O) groups excluding carboxylic acids is 1. The number of nitrogens with zero attached hydrogens (tertiary/aromatic N) is 1. The molecule has 5 heteroatoms. The number of aryl methyl sites for hydroxylation is 1. The lowest BCUT2D eigenvalue weighted by Crippen LogP contribution is -2.30. The fourth-order valence-electron chi connectivity index (χ4n) is 2.75. The first kappa shape index (κ1) is 17.8. The van der Waals surface area contributed by atoms with Gasteiger partial charge in [-0.3, -0.25) is 4.79 Å². The van der Waals surface area contributed by atoms with Crippen molar-refractivity contribution in [2.75, 3.05) is 33.8 Å². The zero-order valence-electron chi connectivity index (χ0n) is 12.8. The summed E-state index contributed by atoms with van der Waals surface area (Å²) in [6.07, 6.45) is 2.48. The molecule has 1 aromatic rings. The number of amides is 1. The van der Waals surface area contributed by atoms with Crippen LogP contribution < -0.4 is 10.1 Å². The normalized spacial score (nSPS) is 17.4. The van der Waals surface area contributed by atoms with Gasteiger partial charge in [0.05, 0.1) is 7.11 Å². The first-order chi connectivity index (χ1) is 9.72. The van der Waals surface area contributed by atoms with Crippen LogP contribution in [0.4, 0.5) is 0 Å². The van der Waals surface area contributed by atoms with Crippen molar-refractivity contribution in [3.8, 4) is 5.75 Å². The van der Waals surface area contributed by atoms with E-state index in [4.69, 9.17) is 4.74 Å². The molecule has 21 heavy (non-hydrogen) atoms. The fraction of sp³-hybridized carbons (Fsp3) is 0.562. The lowest BCUT2D eigenvalue weighted by atomic mass is 10.1. The zero-order valence-corrected chi connectivity index (χ0v) is 13.6. The number of hydrogen-bond acceptors (Lipinski definition) is 3. The molecule has 1 amide bonds. The highest BCUT2D eigenvalue weighted by atomic mass is 35.5. The molecule has 1 atom stereocenters. The Morgan fingerprint density at radius 1 is 1.48 bits per heavy atom. The van der Waals surface area contributed by atoms with Crippen molar-refractivity contribution in [3.05, 3.63) is 29.8 Å². The maximum atomic E-state index is 12.2. The van der Waals surface area contributed by atoms with Gasteiger partial charge >= 0.3 is 0 Å². The van der Waals surface area contributed by atoms with E-state index in [1.165, 1.54) is 0 Å². The van der Waals surface area contributed by atoms with Crippen molar-refractivity contribution in [1.29, 1.82) is 0 Å². The number of likely N-dealkylation sites (tertiary alicyclic amines) is 1. The molecule has 1 aliphatic heterocycles. The summed E-state index contributed by atoms with van der Waals surface area (Å²) < 4.78 is 5.20. The Bertz CT molecular complexity index is 454. The van der Waals surface area contributed by atoms with Crippen LogP contribution in [-0.2, 0) is 11.2 Å². The third-order valence-corrected chi connectivity index (χ3v) is 3.89. The van der Waals surface area contributed by atoms with Crippen molar-refractivity contribution in [3.63, 3.8) is 0 Å². The quantitative estimate of drug-likeness (QED) is 0.875. The number of carbonyl (C=O) groups is 1. The molecule has 0 aliphatic carbocycles. The summed E-state index contributed by atoms with van der Waals surface area (Å²) in [5.74, 6) is 1.73. The zero-order chi connectivity index (χ0) is 14.4. The first-order valence-corrected chi connectivity index (χ1v) is 7.28. The SMILES string of the molecule is CNCC1CCN(C(=O)CCc2cccc(OC)c2)C1.Cl. The molecule has 1 unspecified atom stereocenters. The fourth-order valence-corrected chi connectivity index (χ4v) is 2.75. The van der Waals surface area contributed by atoms with E-state index >= 15 is 0 Å². The summed E-state index contributed by atoms with van der Waals surface area (Å²) in [6, 6.07) is 7.94. The molecule has 1 heterocycles. The number of halogens is 1. The Labute approximate surface area is 133 Å². The minimum absolute atomic E-state index is 0. The predicted octanol–water partition coefficient (Wildman–Crippen LogP) is 2.12. The summed E-state index contributed by atoms with van der Waals surface area (Å²) in [5.41, 5.74) is 1.16. The van der Waals surface area contributed by atoms with Crippen LogP contribution in [0.5, 0.6) is 5.75 Å². The van der Waals surface area contributed by atoms with E-state index in [0.29, 0.717) is 12.3 Å². The van der Waals surface area contributed by atoms with Crippen LogP contribution in [0.3, 0.4) is 0 Å². The monoisotopic (exact) mass is 312 g/mol. The van der Waals surface area contributed by atoms with Gasteiger partial charge in [0, 0.05) is 19.5 Å². The van der Waals surface area contributed by atoms with Crippen LogP contribution in [0.15, 0.2) is 24.3 Å². The van der Waals surface area contributed by atoms with Crippen LogP contribution >= 0.6 is 12.4 Å². The van der Waals surface area contributed by atoms with Gasteiger partial charge in [0.25, 0.3) is 0 Å². The minimum Gasteiger partial charge on any atom is -0.497 e. The number of ether oxygens (including phenoxy) is 1. The third kappa shape index (κ3) is 5.21. The van der Waals surface area contributed by atoms with Crippen LogP contribution in [0.25, 0.3) is 0 Å². The molecule has 118 valence electrons. The van der Waals surface area contributed by atoms with Crippen molar-refractivity contribution < 1.29 is 9.53 Å². The second kappa shape index (κ2) is 8.90. The van der Waals surface area contributed by atoms with Crippen molar-refractivity contribution in [2.24, 2.45) is 5.92 Å². The van der Waals surface area contributed by atoms with Crippen LogP contribution in [0.1, 0.15) is 18.4 Å². The van der Waals surface area contributed by atoms with Gasteiger partial charge in [-0.05, 0) is 50.0 Å². The van der Waals surface area contributed by atoms with E-state index in [2.05, 4.69) is 5.32 Å². The largest absolute Gasteiger partial charge is 0.497 e. The van der Waals surface area contributed by atoms with Crippen molar-refractivity contribution in [2.45, 2.75) is 19.3 Å². The van der Waals surface area contributed by atoms with Gasteiger partial charge in [-0.15, -0.1) is 12.4 Å². The van der Waals surface area contributed by atoms with Gasteiger partial charge in [0.2, 0.25) is 5.91 Å². The second-order valence-electron chi connectivity index (χ2n) is 5.40. The van der Waals surface area contributed by atoms with Gasteiger partial charge in [-0.25, -0.2) is 0 Å². The Balaban J connectivity index is 0.00000220. The Kier molecular flexibility index (Phi) is 7.54. The molecular weight excluding hydrogens is 288 g/mol. The number of nitrogens with one attached hydrogen (secondary N) is 1. The standard InChI is InChI=1S/C16H24N2O2.ClH/c1-17-11-14-8-9-18(12-14)16(19)7-6-13-4-3-5-15(10-13)20-2;/h3-5,10,14,17H,6-9,11-12H2,1-2H3;1H. The summed E-state index contributed by atoms with van der Waals surface area (Å²) in [5, 5.41) is 3.19. The molecule has 1 fully saturated rings. The maximum absolute atomic E-state index is 12.2. The maximum Gasteiger partial charge on any atom is 0.222 e. The number of methoxy groups -OCH3 is 1. The van der Waals surface area contributed by atoms with E-state index in [1.807, 2.05) is 36.2 Å². The average Bonchev–Trinajstić information content (AvgIpc) is 2.94. The highest BCUT2D eigenvalue weighted by molar-refractivity contribution is 5.85. The molecule has 1 aromatic carbocycles. The van der Waals surface area contributed by atoms with Crippen molar-refractivity contribution in [1.82, 2.24) is 10.2 Å². The van der Waals surface area contributed by atoms with Crippen LogP contribution in [0.2, 0.25) is 0 Å². The average molecular weight is 313 g/mol. The van der Waals surface area contributed by atoms with Gasteiger partial charge in [-0.2, -0.15) is 0 Å². The molecule has 0 spiro atoms. The predicted molar refractivity (Wildman–Crippen MR) is 87.2 cm³/mol. The van der Waals surface area contributed by atoms with Gasteiger partial charge in [-0.1, -0.05) is 12.1 Å². The van der Waals surface area contributed by atoms with Gasteiger partial charge in [0.15, 0.2) is 0 Å². The molecule has 0 radical (unpaired) electrons. The molecule has 1 N–H and O–H groups in total. The molecule has 0 aromatic heterocycles. The van der Waals surface area contributed by atoms with Crippen LogP contribution in [0, 0.1) is 5.92 Å². The molecular formula is C16H25ClN2O2. The Hall–Kier alpha value is -1.26. The molecule has 0 bridgehead atoms. The highest BCUT2D eigenvalue weighted by Gasteiger charge is 2.25. The Morgan fingerprint density at radius 3 is 3.00 bits per heavy atom. The topological polar surface area (TPSA) is 41.6 Å². The van der Waals surface area contributed by atoms with E-state index < -0.39 is 0 Å². The highest BCUT2D eigenvalue weighted by Crippen LogP contribution is 2.18. The van der Waals surface area contributed by atoms with Gasteiger partial charge < -0.3 is 15.0 Å². The number of benzene rings is 1. The lowest BCUT2D eigenvalue weighted by molar-refractivity contribution is -0.130. The molecule has 4 nitrogen and oxygen atoms in total. The Morgan fingerprint density at radius 2 is 2.29 bits per heavy atom. The second-order valence-corrected chi connectivity index (χ2v) is 5.40. The summed E-state index contributed by atoms with van der Waals surface area (Å²) in [7, 11) is 3.63. The van der Waals surface area contributed by atoms with Crippen molar-refractivity contribution >= 4 is 18.3 Å². The number of hydrogen-bond donors (Lipinski definition) is 1. The molecule has 1 aliphatic rings. The van der Waals surface area contributed by atoms with Crippen LogP contribution in [-0.4, -0.2) is 44.6 Å². The van der Waals surface area contributed by atoms with Gasteiger partial charge in [0.1, 0.15) is 5.75 Å². The molecule has 2 rings (SSSR count). The van der Waals surface area contributed by atoms with E-state index in [1.54, 1.807) is 7.11 Å². The lowest BCUT2D eigenvalue weighted by Gasteiger charge is -2.16. The number of rotatable bonds is 6. The third-order valence-electron chi connectivity index (χ3n) is 3.89.